The van der Waals surface area contributed by atoms with E-state index in [4.69, 9.17) is 18.9 Å². The summed E-state index contributed by atoms with van der Waals surface area (Å²) in [6, 6.07) is 6.72. The number of hydrogen-bond acceptors (Lipinski definition) is 6. The molecule has 0 aromatic heterocycles. The van der Waals surface area contributed by atoms with Crippen LogP contribution in [0.15, 0.2) is 47.5 Å². The topological polar surface area (TPSA) is 52.5 Å². The minimum Gasteiger partial charge on any atom is -0.493 e. The third kappa shape index (κ3) is 3.93. The van der Waals surface area contributed by atoms with E-state index in [0.29, 0.717) is 12.6 Å². The van der Waals surface area contributed by atoms with Gasteiger partial charge in [-0.25, -0.2) is 0 Å². The van der Waals surface area contributed by atoms with E-state index < -0.39 is 5.79 Å². The first kappa shape index (κ1) is 22.1. The minimum atomic E-state index is -0.538. The third-order valence-electron chi connectivity index (χ3n) is 7.31. The Bertz CT molecular complexity index is 882. The molecule has 1 spiro atoms. The van der Waals surface area contributed by atoms with Crippen LogP contribution in [0, 0.1) is 0 Å². The van der Waals surface area contributed by atoms with Crippen LogP contribution in [-0.4, -0.2) is 70.5 Å². The number of nitrogens with zero attached hydrogens (tertiary/aromatic N) is 2. The highest BCUT2D eigenvalue weighted by atomic mass is 16.7. The van der Waals surface area contributed by atoms with E-state index in [9.17, 15) is 0 Å². The molecule has 6 heteroatoms. The van der Waals surface area contributed by atoms with E-state index in [2.05, 4.69) is 35.7 Å². The summed E-state index contributed by atoms with van der Waals surface area (Å²) < 4.78 is 23.9. The van der Waals surface area contributed by atoms with E-state index in [1.165, 1.54) is 5.56 Å². The van der Waals surface area contributed by atoms with Gasteiger partial charge in [-0.1, -0.05) is 18.7 Å². The Balaban J connectivity index is 1.56. The van der Waals surface area contributed by atoms with Crippen molar-refractivity contribution in [3.05, 3.63) is 48.1 Å². The Hall–Kier alpha value is -2.15. The molecule has 1 aromatic rings. The molecule has 3 aliphatic rings. The Labute approximate surface area is 185 Å². The van der Waals surface area contributed by atoms with E-state index in [0.717, 1.165) is 49.3 Å². The standard InChI is InChI=1S/C25H34N2O4/c1-18(7-6-13-26-2)22-17-30-25(31-22)11-10-24(12-14-27(3)23(24)16-25)19-8-9-20(28-4)21(15-19)29-5/h6-9,13,15,22-23H,1,10-12,14,16-17H2,2-5H3/b7-6-,26-13-/t22-,23+,24+,25?/m1/s1. The number of rotatable bonds is 6. The summed E-state index contributed by atoms with van der Waals surface area (Å²) in [7, 11) is 7.34. The van der Waals surface area contributed by atoms with Gasteiger partial charge in [0.05, 0.1) is 20.8 Å². The van der Waals surface area contributed by atoms with Crippen LogP contribution in [0.1, 0.15) is 31.2 Å². The molecule has 3 fully saturated rings. The first-order chi connectivity index (χ1) is 15.0. The molecule has 2 saturated heterocycles. The van der Waals surface area contributed by atoms with Crippen LogP contribution >= 0.6 is 0 Å². The molecular weight excluding hydrogens is 392 g/mol. The van der Waals surface area contributed by atoms with Gasteiger partial charge in [0.1, 0.15) is 6.10 Å². The second kappa shape index (κ2) is 8.77. The lowest BCUT2D eigenvalue weighted by Crippen LogP contribution is -2.53. The van der Waals surface area contributed by atoms with Crippen LogP contribution in [0.5, 0.6) is 11.5 Å². The largest absolute Gasteiger partial charge is 0.493 e. The van der Waals surface area contributed by atoms with Gasteiger partial charge in [0.2, 0.25) is 0 Å². The van der Waals surface area contributed by atoms with Crippen LogP contribution in [0.3, 0.4) is 0 Å². The van der Waals surface area contributed by atoms with Crippen molar-refractivity contribution in [2.45, 2.75) is 49.0 Å². The maximum atomic E-state index is 6.51. The van der Waals surface area contributed by atoms with Gasteiger partial charge in [0.15, 0.2) is 17.3 Å². The van der Waals surface area contributed by atoms with Gasteiger partial charge >= 0.3 is 0 Å². The summed E-state index contributed by atoms with van der Waals surface area (Å²) in [6.45, 7) is 5.78. The fourth-order valence-electron chi connectivity index (χ4n) is 5.54. The van der Waals surface area contributed by atoms with Crippen molar-refractivity contribution in [3.8, 4) is 11.5 Å². The number of likely N-dealkylation sites (N-methyl/N-ethyl adjacent to an activating group) is 1. The van der Waals surface area contributed by atoms with Gasteiger partial charge in [-0.2, -0.15) is 0 Å². The number of aliphatic imine (C=N–C) groups is 1. The number of ether oxygens (including phenoxy) is 4. The van der Waals surface area contributed by atoms with Crippen LogP contribution in [0.2, 0.25) is 0 Å². The summed E-state index contributed by atoms with van der Waals surface area (Å²) >= 11 is 0. The SMILES string of the molecule is C=C(/C=C\C=N/C)[C@H]1COC2(CC[C@@]3(c4ccc(OC)c(OC)c4)CCN(C)[C@H]3C2)O1. The maximum absolute atomic E-state index is 6.51. The molecular formula is C25H34N2O4. The fourth-order valence-corrected chi connectivity index (χ4v) is 5.54. The molecule has 2 aliphatic heterocycles. The van der Waals surface area contributed by atoms with Crippen molar-refractivity contribution in [3.63, 3.8) is 0 Å². The lowest BCUT2D eigenvalue weighted by Gasteiger charge is -2.48. The van der Waals surface area contributed by atoms with Gasteiger partial charge in [0.25, 0.3) is 0 Å². The Kier molecular flexibility index (Phi) is 6.24. The number of methoxy groups -OCH3 is 2. The second-order valence-corrected chi connectivity index (χ2v) is 8.85. The lowest BCUT2D eigenvalue weighted by atomic mass is 9.64. The smallest absolute Gasteiger partial charge is 0.170 e. The Morgan fingerprint density at radius 2 is 2.03 bits per heavy atom. The van der Waals surface area contributed by atoms with Crippen molar-refractivity contribution in [2.75, 3.05) is 41.5 Å². The highest BCUT2D eigenvalue weighted by Crippen LogP contribution is 2.54. The average Bonchev–Trinajstić information content (AvgIpc) is 3.36. The van der Waals surface area contributed by atoms with E-state index in [-0.39, 0.29) is 11.5 Å². The summed E-state index contributed by atoms with van der Waals surface area (Å²) in [6.07, 6.45) is 9.34. The van der Waals surface area contributed by atoms with Crippen LogP contribution < -0.4 is 9.47 Å². The normalized spacial score (nSPS) is 33.4. The summed E-state index contributed by atoms with van der Waals surface area (Å²) in [5, 5.41) is 0. The number of likely N-dealkylation sites (tertiary alicyclic amines) is 1. The highest BCUT2D eigenvalue weighted by molar-refractivity contribution is 5.71. The summed E-state index contributed by atoms with van der Waals surface area (Å²) in [5.74, 6) is 1.02. The van der Waals surface area contributed by atoms with Gasteiger partial charge in [-0.05, 0) is 55.8 Å². The Morgan fingerprint density at radius 1 is 1.23 bits per heavy atom. The first-order valence-electron chi connectivity index (χ1n) is 11.0. The van der Waals surface area contributed by atoms with E-state index >= 15 is 0 Å². The molecule has 0 amide bonds. The zero-order chi connectivity index (χ0) is 22.1. The molecule has 0 radical (unpaired) electrons. The number of fused-ring (bicyclic) bond motifs is 1. The summed E-state index contributed by atoms with van der Waals surface area (Å²) in [5.41, 5.74) is 2.31. The molecule has 4 rings (SSSR count). The predicted molar refractivity (Wildman–Crippen MR) is 122 cm³/mol. The molecule has 2 heterocycles. The molecule has 1 aliphatic carbocycles. The maximum Gasteiger partial charge on any atom is 0.170 e. The molecule has 1 aromatic carbocycles. The number of hydrogen-bond donors (Lipinski definition) is 0. The molecule has 4 atom stereocenters. The van der Waals surface area contributed by atoms with Crippen molar-refractivity contribution in [2.24, 2.45) is 4.99 Å². The molecule has 0 N–H and O–H groups in total. The second-order valence-electron chi connectivity index (χ2n) is 8.85. The Morgan fingerprint density at radius 3 is 2.77 bits per heavy atom. The van der Waals surface area contributed by atoms with Gasteiger partial charge in [-0.3, -0.25) is 4.99 Å². The number of allylic oxidation sites excluding steroid dienone is 1. The zero-order valence-electron chi connectivity index (χ0n) is 19.1. The summed E-state index contributed by atoms with van der Waals surface area (Å²) in [4.78, 5) is 6.44. The first-order valence-corrected chi connectivity index (χ1v) is 11.0. The third-order valence-corrected chi connectivity index (χ3v) is 7.31. The predicted octanol–water partition coefficient (Wildman–Crippen LogP) is 3.75. The van der Waals surface area contributed by atoms with E-state index in [1.807, 2.05) is 18.2 Å². The quantitative estimate of drug-likeness (QED) is 0.512. The zero-order valence-corrected chi connectivity index (χ0v) is 19.1. The molecule has 6 nitrogen and oxygen atoms in total. The number of benzene rings is 1. The highest BCUT2D eigenvalue weighted by Gasteiger charge is 2.57. The van der Waals surface area contributed by atoms with Crippen LogP contribution in [-0.2, 0) is 14.9 Å². The average molecular weight is 427 g/mol. The van der Waals surface area contributed by atoms with Gasteiger partial charge in [-0.15, -0.1) is 0 Å². The van der Waals surface area contributed by atoms with Crippen molar-refractivity contribution in [1.29, 1.82) is 0 Å². The monoisotopic (exact) mass is 426 g/mol. The van der Waals surface area contributed by atoms with Gasteiger partial charge in [0, 0.05) is 37.6 Å². The van der Waals surface area contributed by atoms with Crippen molar-refractivity contribution >= 4 is 6.21 Å². The molecule has 1 saturated carbocycles. The van der Waals surface area contributed by atoms with Crippen molar-refractivity contribution < 1.29 is 18.9 Å². The van der Waals surface area contributed by atoms with Crippen LogP contribution in [0.25, 0.3) is 0 Å². The molecule has 0 bridgehead atoms. The van der Waals surface area contributed by atoms with Crippen LogP contribution in [0.4, 0.5) is 0 Å². The molecule has 168 valence electrons. The minimum absolute atomic E-state index is 0.0683. The van der Waals surface area contributed by atoms with Crippen molar-refractivity contribution in [1.82, 2.24) is 4.90 Å². The van der Waals surface area contributed by atoms with Gasteiger partial charge < -0.3 is 23.8 Å². The lowest BCUT2D eigenvalue weighted by molar-refractivity contribution is -0.200. The molecule has 31 heavy (non-hydrogen) atoms. The molecule has 1 unspecified atom stereocenters. The van der Waals surface area contributed by atoms with E-state index in [1.54, 1.807) is 27.5 Å². The fraction of sp³-hybridized carbons (Fsp3) is 0.560.